The zero-order chi connectivity index (χ0) is 20.2. The van der Waals surface area contributed by atoms with Crippen LogP contribution in [-0.4, -0.2) is 60.2 Å². The highest BCUT2D eigenvalue weighted by atomic mass is 16.2. The Morgan fingerprint density at radius 1 is 0.963 bits per heavy atom. The molecule has 0 unspecified atom stereocenters. The average molecular weight is 373 g/mol. The summed E-state index contributed by atoms with van der Waals surface area (Å²) in [7, 11) is 0. The van der Waals surface area contributed by atoms with Gasteiger partial charge in [0, 0.05) is 58.7 Å². The number of amides is 3. The summed E-state index contributed by atoms with van der Waals surface area (Å²) in [6.07, 6.45) is 0.276. The maximum Gasteiger partial charge on any atom is 0.224 e. The van der Waals surface area contributed by atoms with E-state index in [-0.39, 0.29) is 29.6 Å². The minimum absolute atomic E-state index is 0.0256. The van der Waals surface area contributed by atoms with Crippen molar-refractivity contribution in [1.82, 2.24) is 9.80 Å². The smallest absolute Gasteiger partial charge is 0.224 e. The van der Waals surface area contributed by atoms with Gasteiger partial charge in [0.05, 0.1) is 0 Å². The molecule has 148 valence electrons. The van der Waals surface area contributed by atoms with Gasteiger partial charge in [-0.1, -0.05) is 39.0 Å². The van der Waals surface area contributed by atoms with E-state index < -0.39 is 0 Å². The number of hydrogen-bond donors (Lipinski definition) is 0. The van der Waals surface area contributed by atoms with Crippen LogP contribution >= 0.6 is 0 Å². The zero-order valence-electron chi connectivity index (χ0n) is 17.1. The lowest BCUT2D eigenvalue weighted by Crippen LogP contribution is -2.50. The van der Waals surface area contributed by atoms with Crippen molar-refractivity contribution in [2.24, 2.45) is 0 Å². The molecule has 1 aliphatic heterocycles. The fourth-order valence-electron chi connectivity index (χ4n) is 3.43. The number of anilines is 1. The largest absolute Gasteiger partial charge is 0.339 e. The molecule has 1 heterocycles. The van der Waals surface area contributed by atoms with E-state index in [4.69, 9.17) is 0 Å². The van der Waals surface area contributed by atoms with Crippen LogP contribution in [-0.2, 0) is 19.8 Å². The van der Waals surface area contributed by atoms with Crippen molar-refractivity contribution in [2.75, 3.05) is 37.6 Å². The van der Waals surface area contributed by atoms with Crippen LogP contribution in [0.1, 0.15) is 46.6 Å². The van der Waals surface area contributed by atoms with E-state index in [1.165, 1.54) is 6.92 Å². The molecule has 1 fully saturated rings. The molecule has 0 N–H and O–H groups in total. The first-order valence-corrected chi connectivity index (χ1v) is 9.52. The third-order valence-corrected chi connectivity index (χ3v) is 5.01. The fraction of sp³-hybridized carbons (Fsp3) is 0.571. The van der Waals surface area contributed by atoms with Crippen LogP contribution in [0, 0.1) is 0 Å². The van der Waals surface area contributed by atoms with Gasteiger partial charge in [-0.05, 0) is 17.0 Å². The highest BCUT2D eigenvalue weighted by Crippen LogP contribution is 2.32. The molecule has 0 bridgehead atoms. The molecule has 3 amide bonds. The number of piperazine rings is 1. The number of para-hydroxylation sites is 1. The van der Waals surface area contributed by atoms with Gasteiger partial charge in [-0.2, -0.15) is 0 Å². The number of carbonyl (C=O) groups is 3. The molecule has 0 aliphatic carbocycles. The number of nitrogens with zero attached hydrogens (tertiary/aromatic N) is 3. The Bertz CT molecular complexity index is 701. The van der Waals surface area contributed by atoms with E-state index >= 15 is 0 Å². The predicted octanol–water partition coefficient (Wildman–Crippen LogP) is 2.42. The standard InChI is InChI=1S/C21H31N3O3/c1-16(25)22-12-14-23(15-13-22)20(27)10-11-24(17(2)26)19-9-7-6-8-18(19)21(3,4)5/h6-9H,10-15H2,1-5H3. The van der Waals surface area contributed by atoms with Crippen molar-refractivity contribution in [2.45, 2.75) is 46.5 Å². The van der Waals surface area contributed by atoms with Crippen LogP contribution in [0.5, 0.6) is 0 Å². The van der Waals surface area contributed by atoms with E-state index in [0.717, 1.165) is 11.3 Å². The normalized spacial score (nSPS) is 14.9. The second-order valence-corrected chi connectivity index (χ2v) is 8.07. The minimum atomic E-state index is -0.0999. The number of hydrogen-bond acceptors (Lipinski definition) is 3. The molecular weight excluding hydrogens is 342 g/mol. The molecule has 6 heteroatoms. The van der Waals surface area contributed by atoms with Gasteiger partial charge in [0.15, 0.2) is 0 Å². The van der Waals surface area contributed by atoms with E-state index in [0.29, 0.717) is 32.7 Å². The summed E-state index contributed by atoms with van der Waals surface area (Å²) in [5.41, 5.74) is 1.85. The molecule has 0 aromatic heterocycles. The average Bonchev–Trinajstić information content (AvgIpc) is 2.61. The lowest BCUT2D eigenvalue weighted by molar-refractivity contribution is -0.138. The minimum Gasteiger partial charge on any atom is -0.339 e. The summed E-state index contributed by atoms with van der Waals surface area (Å²) in [5.74, 6) is 0.00207. The number of benzene rings is 1. The van der Waals surface area contributed by atoms with Gasteiger partial charge in [0.1, 0.15) is 0 Å². The Labute approximate surface area is 162 Å². The van der Waals surface area contributed by atoms with Gasteiger partial charge in [0.25, 0.3) is 0 Å². The molecule has 0 radical (unpaired) electrons. The van der Waals surface area contributed by atoms with Crippen molar-refractivity contribution >= 4 is 23.4 Å². The van der Waals surface area contributed by atoms with Crippen LogP contribution in [0.15, 0.2) is 24.3 Å². The molecule has 6 nitrogen and oxygen atoms in total. The Morgan fingerprint density at radius 3 is 2.04 bits per heavy atom. The molecule has 1 aromatic rings. The molecule has 0 saturated carbocycles. The van der Waals surface area contributed by atoms with E-state index in [2.05, 4.69) is 20.8 Å². The Balaban J connectivity index is 2.05. The number of rotatable bonds is 4. The first kappa shape index (κ1) is 20.9. The maximum absolute atomic E-state index is 12.6. The van der Waals surface area contributed by atoms with Crippen LogP contribution in [0.2, 0.25) is 0 Å². The maximum atomic E-state index is 12.6. The third-order valence-electron chi connectivity index (χ3n) is 5.01. The topological polar surface area (TPSA) is 60.9 Å². The molecule has 1 saturated heterocycles. The molecule has 1 aromatic carbocycles. The van der Waals surface area contributed by atoms with Crippen LogP contribution in [0.4, 0.5) is 5.69 Å². The Morgan fingerprint density at radius 2 is 1.52 bits per heavy atom. The van der Waals surface area contributed by atoms with E-state index in [9.17, 15) is 14.4 Å². The second kappa shape index (κ2) is 8.55. The second-order valence-electron chi connectivity index (χ2n) is 8.07. The highest BCUT2D eigenvalue weighted by molar-refractivity contribution is 5.93. The first-order valence-electron chi connectivity index (χ1n) is 9.52. The van der Waals surface area contributed by atoms with Gasteiger partial charge in [0.2, 0.25) is 17.7 Å². The van der Waals surface area contributed by atoms with E-state index in [1.807, 2.05) is 24.3 Å². The van der Waals surface area contributed by atoms with Crippen molar-refractivity contribution in [3.63, 3.8) is 0 Å². The molecule has 0 atom stereocenters. The summed E-state index contributed by atoms with van der Waals surface area (Å²) < 4.78 is 0. The Hall–Kier alpha value is -2.37. The van der Waals surface area contributed by atoms with E-state index in [1.54, 1.807) is 21.6 Å². The van der Waals surface area contributed by atoms with Crippen LogP contribution < -0.4 is 4.90 Å². The van der Waals surface area contributed by atoms with Gasteiger partial charge < -0.3 is 14.7 Å². The van der Waals surface area contributed by atoms with Crippen molar-refractivity contribution in [1.29, 1.82) is 0 Å². The molecule has 1 aliphatic rings. The van der Waals surface area contributed by atoms with Crippen LogP contribution in [0.25, 0.3) is 0 Å². The lowest BCUT2D eigenvalue weighted by atomic mass is 9.85. The molecule has 0 spiro atoms. The number of carbonyl (C=O) groups excluding carboxylic acids is 3. The molecular formula is C21H31N3O3. The monoisotopic (exact) mass is 373 g/mol. The van der Waals surface area contributed by atoms with Gasteiger partial charge >= 0.3 is 0 Å². The quantitative estimate of drug-likeness (QED) is 0.814. The molecule has 27 heavy (non-hydrogen) atoms. The van der Waals surface area contributed by atoms with Gasteiger partial charge in [-0.3, -0.25) is 14.4 Å². The van der Waals surface area contributed by atoms with Gasteiger partial charge in [-0.25, -0.2) is 0 Å². The lowest BCUT2D eigenvalue weighted by Gasteiger charge is -2.35. The highest BCUT2D eigenvalue weighted by Gasteiger charge is 2.25. The summed E-state index contributed by atoms with van der Waals surface area (Å²) in [6.45, 7) is 12.0. The van der Waals surface area contributed by atoms with Crippen LogP contribution in [0.3, 0.4) is 0 Å². The SMILES string of the molecule is CC(=O)N1CCN(C(=O)CCN(C(C)=O)c2ccccc2C(C)(C)C)CC1. The zero-order valence-corrected chi connectivity index (χ0v) is 17.1. The fourth-order valence-corrected chi connectivity index (χ4v) is 3.43. The third kappa shape index (κ3) is 5.31. The molecule has 2 rings (SSSR count). The first-order chi connectivity index (χ1) is 12.6. The predicted molar refractivity (Wildman–Crippen MR) is 107 cm³/mol. The van der Waals surface area contributed by atoms with Gasteiger partial charge in [-0.15, -0.1) is 0 Å². The summed E-state index contributed by atoms with van der Waals surface area (Å²) in [4.78, 5) is 41.5. The summed E-state index contributed by atoms with van der Waals surface area (Å²) in [6, 6.07) is 7.87. The summed E-state index contributed by atoms with van der Waals surface area (Å²) >= 11 is 0. The van der Waals surface area contributed by atoms with Crippen molar-refractivity contribution < 1.29 is 14.4 Å². The Kier molecular flexibility index (Phi) is 6.63. The summed E-state index contributed by atoms with van der Waals surface area (Å²) in [5, 5.41) is 0. The van der Waals surface area contributed by atoms with Crippen molar-refractivity contribution in [3.05, 3.63) is 29.8 Å². The van der Waals surface area contributed by atoms with Crippen molar-refractivity contribution in [3.8, 4) is 0 Å².